The van der Waals surface area contributed by atoms with E-state index in [0.717, 1.165) is 0 Å². The maximum absolute atomic E-state index is 11.1. The Balaban J connectivity index is 4.13. The van der Waals surface area contributed by atoms with Crippen molar-refractivity contribution in [2.24, 2.45) is 5.73 Å². The van der Waals surface area contributed by atoms with E-state index in [1.807, 2.05) is 0 Å². The lowest BCUT2D eigenvalue weighted by molar-refractivity contribution is -0.139. The summed E-state index contributed by atoms with van der Waals surface area (Å²) in [6.45, 7) is 3.03. The highest BCUT2D eigenvalue weighted by Gasteiger charge is 2.19. The second-order valence-corrected chi connectivity index (χ2v) is 3.04. The molecule has 5 N–H and O–H groups in total. The van der Waals surface area contributed by atoms with Crippen molar-refractivity contribution in [1.29, 1.82) is 0 Å². The standard InChI is InChI=1S/C8H15N3O4/c1-3-5(7(13)14)11-8(15)10-4(2)6(9)12/h4-5H,3H2,1-2H3,(H2,9,12)(H,13,14)(H2,10,11,15)/t4?,5-/m1/s1. The zero-order valence-corrected chi connectivity index (χ0v) is 8.61. The van der Waals surface area contributed by atoms with Crippen LogP contribution < -0.4 is 16.4 Å². The third kappa shape index (κ3) is 4.84. The Morgan fingerprint density at radius 3 is 2.20 bits per heavy atom. The summed E-state index contributed by atoms with van der Waals surface area (Å²) in [6.07, 6.45) is 0.258. The van der Waals surface area contributed by atoms with E-state index >= 15 is 0 Å². The molecule has 0 saturated carbocycles. The van der Waals surface area contributed by atoms with Crippen molar-refractivity contribution in [3.8, 4) is 0 Å². The van der Waals surface area contributed by atoms with Gasteiger partial charge in [0.1, 0.15) is 12.1 Å². The third-order valence-corrected chi connectivity index (χ3v) is 1.79. The number of nitrogens with two attached hydrogens (primary N) is 1. The normalized spacial score (nSPS) is 13.7. The first kappa shape index (κ1) is 13.2. The highest BCUT2D eigenvalue weighted by Crippen LogP contribution is 1.90. The number of primary amides is 1. The van der Waals surface area contributed by atoms with E-state index in [0.29, 0.717) is 0 Å². The Morgan fingerprint density at radius 2 is 1.87 bits per heavy atom. The number of hydrogen-bond acceptors (Lipinski definition) is 3. The molecule has 7 nitrogen and oxygen atoms in total. The second kappa shape index (κ2) is 5.84. The molecule has 0 aliphatic rings. The number of hydrogen-bond donors (Lipinski definition) is 4. The van der Waals surface area contributed by atoms with Gasteiger partial charge in [0.25, 0.3) is 0 Å². The molecular formula is C8H15N3O4. The summed E-state index contributed by atoms with van der Waals surface area (Å²) in [5, 5.41) is 13.0. The Bertz CT molecular complexity index is 267. The minimum atomic E-state index is -1.13. The molecule has 0 bridgehead atoms. The van der Waals surface area contributed by atoms with Crippen LogP contribution in [0.4, 0.5) is 4.79 Å². The molecule has 0 aromatic rings. The van der Waals surface area contributed by atoms with Crippen LogP contribution in [0.3, 0.4) is 0 Å². The lowest BCUT2D eigenvalue weighted by Gasteiger charge is -2.15. The SMILES string of the molecule is CC[C@@H](NC(=O)NC(C)C(N)=O)C(=O)O. The zero-order valence-electron chi connectivity index (χ0n) is 8.61. The Kier molecular flexibility index (Phi) is 5.14. The van der Waals surface area contributed by atoms with E-state index < -0.39 is 30.0 Å². The predicted molar refractivity (Wildman–Crippen MR) is 52.0 cm³/mol. The van der Waals surface area contributed by atoms with Crippen molar-refractivity contribution < 1.29 is 19.5 Å². The van der Waals surface area contributed by atoms with Gasteiger partial charge in [0.05, 0.1) is 0 Å². The minimum Gasteiger partial charge on any atom is -0.480 e. The van der Waals surface area contributed by atoms with Gasteiger partial charge in [0.15, 0.2) is 0 Å². The molecule has 15 heavy (non-hydrogen) atoms. The molecule has 0 aliphatic carbocycles. The molecule has 0 spiro atoms. The molecule has 0 aromatic carbocycles. The van der Waals surface area contributed by atoms with Gasteiger partial charge in [-0.1, -0.05) is 6.92 Å². The van der Waals surface area contributed by atoms with Crippen LogP contribution in [0.1, 0.15) is 20.3 Å². The monoisotopic (exact) mass is 217 g/mol. The van der Waals surface area contributed by atoms with Crippen LogP contribution in [0.5, 0.6) is 0 Å². The second-order valence-electron chi connectivity index (χ2n) is 3.04. The molecule has 1 unspecified atom stereocenters. The van der Waals surface area contributed by atoms with Gasteiger partial charge in [0, 0.05) is 0 Å². The van der Waals surface area contributed by atoms with Crippen LogP contribution in [-0.4, -0.2) is 35.1 Å². The molecule has 7 heteroatoms. The van der Waals surface area contributed by atoms with Gasteiger partial charge in [-0.15, -0.1) is 0 Å². The molecule has 2 atom stereocenters. The topological polar surface area (TPSA) is 122 Å². The number of nitrogens with one attached hydrogen (secondary N) is 2. The molecule has 0 saturated heterocycles. The van der Waals surface area contributed by atoms with E-state index in [2.05, 4.69) is 10.6 Å². The first-order valence-corrected chi connectivity index (χ1v) is 4.47. The number of carbonyl (C=O) groups is 3. The number of carboxylic acid groups (broad SMARTS) is 1. The minimum absolute atomic E-state index is 0.258. The number of amides is 3. The van der Waals surface area contributed by atoms with Crippen LogP contribution in [0.15, 0.2) is 0 Å². The fourth-order valence-electron chi connectivity index (χ4n) is 0.806. The van der Waals surface area contributed by atoms with Gasteiger partial charge >= 0.3 is 12.0 Å². The average molecular weight is 217 g/mol. The van der Waals surface area contributed by atoms with E-state index in [4.69, 9.17) is 10.8 Å². The first-order valence-electron chi connectivity index (χ1n) is 4.47. The summed E-state index contributed by atoms with van der Waals surface area (Å²) in [5.41, 5.74) is 4.91. The molecular weight excluding hydrogens is 202 g/mol. The summed E-state index contributed by atoms with van der Waals surface area (Å²) >= 11 is 0. The van der Waals surface area contributed by atoms with Crippen LogP contribution in [0.25, 0.3) is 0 Å². The third-order valence-electron chi connectivity index (χ3n) is 1.79. The van der Waals surface area contributed by atoms with E-state index in [-0.39, 0.29) is 6.42 Å². The van der Waals surface area contributed by atoms with E-state index in [1.165, 1.54) is 6.92 Å². The Hall–Kier alpha value is -1.79. The Morgan fingerprint density at radius 1 is 1.33 bits per heavy atom. The van der Waals surface area contributed by atoms with Gasteiger partial charge in [-0.2, -0.15) is 0 Å². The van der Waals surface area contributed by atoms with Gasteiger partial charge in [-0.25, -0.2) is 9.59 Å². The maximum atomic E-state index is 11.1. The molecule has 0 heterocycles. The number of urea groups is 1. The highest BCUT2D eigenvalue weighted by atomic mass is 16.4. The number of rotatable bonds is 5. The van der Waals surface area contributed by atoms with Crippen molar-refractivity contribution >= 4 is 17.9 Å². The van der Waals surface area contributed by atoms with Gasteiger partial charge in [0.2, 0.25) is 5.91 Å². The molecule has 0 radical (unpaired) electrons. The summed E-state index contributed by atoms with van der Waals surface area (Å²) in [7, 11) is 0. The lowest BCUT2D eigenvalue weighted by Crippen LogP contribution is -2.51. The number of carboxylic acids is 1. The molecule has 86 valence electrons. The van der Waals surface area contributed by atoms with Crippen LogP contribution in [0, 0.1) is 0 Å². The highest BCUT2D eigenvalue weighted by molar-refractivity contribution is 5.87. The van der Waals surface area contributed by atoms with Crippen molar-refractivity contribution in [1.82, 2.24) is 10.6 Å². The van der Waals surface area contributed by atoms with Gasteiger partial charge < -0.3 is 21.5 Å². The molecule has 3 amide bonds. The van der Waals surface area contributed by atoms with Crippen molar-refractivity contribution in [3.05, 3.63) is 0 Å². The quantitative estimate of drug-likeness (QED) is 0.473. The average Bonchev–Trinajstić information content (AvgIpc) is 2.13. The maximum Gasteiger partial charge on any atom is 0.326 e. The van der Waals surface area contributed by atoms with Crippen molar-refractivity contribution in [2.75, 3.05) is 0 Å². The summed E-state index contributed by atoms with van der Waals surface area (Å²) < 4.78 is 0. The first-order chi connectivity index (χ1) is 6.88. The number of carbonyl (C=O) groups excluding carboxylic acids is 2. The summed E-state index contributed by atoms with van der Waals surface area (Å²) in [4.78, 5) is 32.3. The van der Waals surface area contributed by atoms with Gasteiger partial charge in [-0.3, -0.25) is 4.79 Å². The fourth-order valence-corrected chi connectivity index (χ4v) is 0.806. The smallest absolute Gasteiger partial charge is 0.326 e. The van der Waals surface area contributed by atoms with Crippen molar-refractivity contribution in [2.45, 2.75) is 32.4 Å². The van der Waals surface area contributed by atoms with Gasteiger partial charge in [-0.05, 0) is 13.3 Å². The van der Waals surface area contributed by atoms with E-state index in [9.17, 15) is 14.4 Å². The molecule has 0 fully saturated rings. The van der Waals surface area contributed by atoms with Crippen molar-refractivity contribution in [3.63, 3.8) is 0 Å². The van der Waals surface area contributed by atoms with Crippen LogP contribution in [-0.2, 0) is 9.59 Å². The largest absolute Gasteiger partial charge is 0.480 e. The molecule has 0 aliphatic heterocycles. The van der Waals surface area contributed by atoms with Crippen LogP contribution in [0.2, 0.25) is 0 Å². The lowest BCUT2D eigenvalue weighted by atomic mass is 10.2. The summed E-state index contributed by atoms with van der Waals surface area (Å²) in [6, 6.07) is -2.53. The van der Waals surface area contributed by atoms with Crippen LogP contribution >= 0.6 is 0 Å². The Labute approximate surface area is 87.0 Å². The molecule has 0 rings (SSSR count). The van der Waals surface area contributed by atoms with E-state index in [1.54, 1.807) is 6.92 Å². The predicted octanol–water partition coefficient (Wildman–Crippen LogP) is -0.977. The number of aliphatic carboxylic acids is 1. The zero-order chi connectivity index (χ0) is 12.0. The fraction of sp³-hybridized carbons (Fsp3) is 0.625. The summed E-state index contributed by atoms with van der Waals surface area (Å²) in [5.74, 6) is -1.81. The molecule has 0 aromatic heterocycles.